The van der Waals surface area contributed by atoms with Crippen molar-refractivity contribution in [3.8, 4) is 23.4 Å². The van der Waals surface area contributed by atoms with E-state index in [9.17, 15) is 5.26 Å². The van der Waals surface area contributed by atoms with E-state index in [0.29, 0.717) is 29.6 Å². The van der Waals surface area contributed by atoms with E-state index in [-0.39, 0.29) is 5.88 Å². The molecule has 7 nitrogen and oxygen atoms in total. The van der Waals surface area contributed by atoms with Crippen LogP contribution in [-0.4, -0.2) is 17.3 Å². The predicted octanol–water partition coefficient (Wildman–Crippen LogP) is 3.83. The summed E-state index contributed by atoms with van der Waals surface area (Å²) in [6.07, 6.45) is 0. The number of benzene rings is 2. The number of nitriles is 1. The summed E-state index contributed by atoms with van der Waals surface area (Å²) in [6.45, 7) is 4.37. The SMILES string of the molecule is COc1cc(C2C(C#N)=C(N)Oc3n[nH]c(C)c32)ccc1OCc1ccccc1C. The molecule has 152 valence electrons. The molecule has 0 radical (unpaired) electrons. The van der Waals surface area contributed by atoms with Crippen molar-refractivity contribution < 1.29 is 14.2 Å². The molecule has 0 aliphatic carbocycles. The number of aromatic nitrogens is 2. The quantitative estimate of drug-likeness (QED) is 0.672. The molecule has 1 aliphatic rings. The summed E-state index contributed by atoms with van der Waals surface area (Å²) in [6, 6.07) is 15.9. The molecular weight excluding hydrogens is 380 g/mol. The second-order valence-electron chi connectivity index (χ2n) is 7.12. The molecule has 0 bridgehead atoms. The number of allylic oxidation sites excluding steroid dienone is 1. The van der Waals surface area contributed by atoms with Crippen LogP contribution in [0.25, 0.3) is 0 Å². The lowest BCUT2D eigenvalue weighted by Crippen LogP contribution is -2.21. The predicted molar refractivity (Wildman–Crippen MR) is 111 cm³/mol. The highest BCUT2D eigenvalue weighted by Crippen LogP contribution is 2.44. The van der Waals surface area contributed by atoms with Crippen molar-refractivity contribution in [2.75, 3.05) is 7.11 Å². The molecule has 0 spiro atoms. The first-order chi connectivity index (χ1) is 14.5. The largest absolute Gasteiger partial charge is 0.493 e. The van der Waals surface area contributed by atoms with Gasteiger partial charge in [-0.3, -0.25) is 5.10 Å². The fraction of sp³-hybridized carbons (Fsp3) is 0.217. The van der Waals surface area contributed by atoms with Crippen LogP contribution in [0.1, 0.15) is 33.9 Å². The normalized spacial score (nSPS) is 15.2. The second-order valence-corrected chi connectivity index (χ2v) is 7.12. The lowest BCUT2D eigenvalue weighted by molar-refractivity contribution is 0.283. The molecule has 0 saturated heterocycles. The molecule has 2 aromatic carbocycles. The number of nitrogens with one attached hydrogen (secondary N) is 1. The van der Waals surface area contributed by atoms with Gasteiger partial charge in [0.05, 0.1) is 13.0 Å². The van der Waals surface area contributed by atoms with Gasteiger partial charge >= 0.3 is 0 Å². The molecule has 30 heavy (non-hydrogen) atoms. The van der Waals surface area contributed by atoms with Gasteiger partial charge in [-0.05, 0) is 42.7 Å². The third kappa shape index (κ3) is 3.33. The summed E-state index contributed by atoms with van der Waals surface area (Å²) >= 11 is 0. The summed E-state index contributed by atoms with van der Waals surface area (Å²) in [4.78, 5) is 0. The van der Waals surface area contributed by atoms with E-state index in [1.807, 2.05) is 43.3 Å². The first kappa shape index (κ1) is 19.4. The second kappa shape index (κ2) is 7.84. The van der Waals surface area contributed by atoms with E-state index in [4.69, 9.17) is 19.9 Å². The number of H-pyrrole nitrogens is 1. The number of hydrogen-bond acceptors (Lipinski definition) is 6. The molecule has 0 amide bonds. The van der Waals surface area contributed by atoms with E-state index < -0.39 is 5.92 Å². The van der Waals surface area contributed by atoms with E-state index in [1.54, 1.807) is 7.11 Å². The summed E-state index contributed by atoms with van der Waals surface area (Å²) in [5, 5.41) is 16.8. The van der Waals surface area contributed by atoms with Crippen LogP contribution >= 0.6 is 0 Å². The number of methoxy groups -OCH3 is 1. The number of rotatable bonds is 5. The van der Waals surface area contributed by atoms with Gasteiger partial charge in [0.1, 0.15) is 18.2 Å². The summed E-state index contributed by atoms with van der Waals surface area (Å²) in [5.74, 6) is 1.23. The topological polar surface area (TPSA) is 106 Å². The third-order valence-electron chi connectivity index (χ3n) is 5.29. The minimum Gasteiger partial charge on any atom is -0.493 e. The Morgan fingerprint density at radius 3 is 2.73 bits per heavy atom. The van der Waals surface area contributed by atoms with E-state index in [1.165, 1.54) is 0 Å². The standard InChI is InChI=1S/C23H22N4O3/c1-13-6-4-5-7-16(13)12-29-18-9-8-15(10-19(18)28-3)21-17(11-24)22(25)30-23-20(21)14(2)26-27-23/h4-10,21H,12,25H2,1-3H3,(H,26,27). The molecule has 3 N–H and O–H groups in total. The van der Waals surface area contributed by atoms with Crippen LogP contribution in [0.15, 0.2) is 53.9 Å². The average molecular weight is 402 g/mol. The highest BCUT2D eigenvalue weighted by molar-refractivity contribution is 5.57. The monoisotopic (exact) mass is 402 g/mol. The third-order valence-corrected chi connectivity index (χ3v) is 5.29. The number of hydrogen-bond donors (Lipinski definition) is 2. The van der Waals surface area contributed by atoms with Crippen LogP contribution in [0, 0.1) is 25.2 Å². The molecule has 2 heterocycles. The van der Waals surface area contributed by atoms with Crippen LogP contribution in [0.2, 0.25) is 0 Å². The van der Waals surface area contributed by atoms with Crippen LogP contribution in [-0.2, 0) is 6.61 Å². The van der Waals surface area contributed by atoms with Crippen molar-refractivity contribution >= 4 is 0 Å². The molecule has 1 atom stereocenters. The van der Waals surface area contributed by atoms with Crippen LogP contribution < -0.4 is 19.9 Å². The van der Waals surface area contributed by atoms with Crippen molar-refractivity contribution in [1.29, 1.82) is 5.26 Å². The van der Waals surface area contributed by atoms with Gasteiger partial charge in [0.15, 0.2) is 11.5 Å². The maximum Gasteiger partial charge on any atom is 0.244 e. The van der Waals surface area contributed by atoms with Crippen LogP contribution in [0.5, 0.6) is 17.4 Å². The Hall–Kier alpha value is -3.92. The number of fused-ring (bicyclic) bond motifs is 1. The first-order valence-electron chi connectivity index (χ1n) is 9.51. The fourth-order valence-corrected chi connectivity index (χ4v) is 3.64. The zero-order valence-electron chi connectivity index (χ0n) is 17.0. The van der Waals surface area contributed by atoms with Crippen molar-refractivity contribution in [3.05, 3.63) is 81.9 Å². The van der Waals surface area contributed by atoms with Gasteiger partial charge in [0, 0.05) is 11.3 Å². The van der Waals surface area contributed by atoms with E-state index in [2.05, 4.69) is 29.3 Å². The zero-order chi connectivity index (χ0) is 21.3. The number of nitrogens with two attached hydrogens (primary N) is 1. The van der Waals surface area contributed by atoms with Gasteiger partial charge in [0.25, 0.3) is 0 Å². The molecule has 3 aromatic rings. The van der Waals surface area contributed by atoms with Crippen molar-refractivity contribution in [1.82, 2.24) is 10.2 Å². The smallest absolute Gasteiger partial charge is 0.244 e. The maximum atomic E-state index is 9.71. The fourth-order valence-electron chi connectivity index (χ4n) is 3.64. The molecular formula is C23H22N4O3. The molecule has 1 unspecified atom stereocenters. The lowest BCUT2D eigenvalue weighted by Gasteiger charge is -2.24. The first-order valence-corrected chi connectivity index (χ1v) is 9.51. The summed E-state index contributed by atoms with van der Waals surface area (Å²) in [5.41, 5.74) is 11.0. The van der Waals surface area contributed by atoms with Crippen molar-refractivity contribution in [2.24, 2.45) is 5.73 Å². The average Bonchev–Trinajstić information content (AvgIpc) is 3.12. The summed E-state index contributed by atoms with van der Waals surface area (Å²) < 4.78 is 17.1. The number of nitrogens with zero attached hydrogens (tertiary/aromatic N) is 2. The Balaban J connectivity index is 1.70. The van der Waals surface area contributed by atoms with Gasteiger partial charge in [-0.15, -0.1) is 5.10 Å². The van der Waals surface area contributed by atoms with Crippen molar-refractivity contribution in [2.45, 2.75) is 26.4 Å². The van der Waals surface area contributed by atoms with Gasteiger partial charge in [-0.1, -0.05) is 30.3 Å². The Morgan fingerprint density at radius 2 is 2.00 bits per heavy atom. The maximum absolute atomic E-state index is 9.71. The van der Waals surface area contributed by atoms with Crippen molar-refractivity contribution in [3.63, 3.8) is 0 Å². The number of aryl methyl sites for hydroxylation is 2. The zero-order valence-corrected chi connectivity index (χ0v) is 17.0. The Bertz CT molecular complexity index is 1170. The highest BCUT2D eigenvalue weighted by atomic mass is 16.5. The molecule has 1 aliphatic heterocycles. The van der Waals surface area contributed by atoms with Gasteiger partial charge < -0.3 is 19.9 Å². The molecule has 1 aromatic heterocycles. The van der Waals surface area contributed by atoms with Gasteiger partial charge in [-0.25, -0.2) is 0 Å². The van der Waals surface area contributed by atoms with Crippen LogP contribution in [0.4, 0.5) is 0 Å². The molecule has 0 saturated carbocycles. The molecule has 7 heteroatoms. The van der Waals surface area contributed by atoms with Gasteiger partial charge in [0.2, 0.25) is 11.8 Å². The Morgan fingerprint density at radius 1 is 1.20 bits per heavy atom. The number of aromatic amines is 1. The molecule has 0 fully saturated rings. The van der Waals surface area contributed by atoms with E-state index >= 15 is 0 Å². The lowest BCUT2D eigenvalue weighted by atomic mass is 9.84. The minimum absolute atomic E-state index is 0.0559. The number of ether oxygens (including phenoxy) is 3. The highest BCUT2D eigenvalue weighted by Gasteiger charge is 2.34. The summed E-state index contributed by atoms with van der Waals surface area (Å²) in [7, 11) is 1.59. The Labute approximate surface area is 174 Å². The van der Waals surface area contributed by atoms with Crippen LogP contribution in [0.3, 0.4) is 0 Å². The van der Waals surface area contributed by atoms with E-state index in [0.717, 1.165) is 27.9 Å². The Kier molecular flexibility index (Phi) is 5.07. The van der Waals surface area contributed by atoms with Gasteiger partial charge in [-0.2, -0.15) is 5.26 Å². The minimum atomic E-state index is -0.406. The molecule has 4 rings (SSSR count).